The third kappa shape index (κ3) is 3.89. The molecule has 5 nitrogen and oxygen atoms in total. The smallest absolute Gasteiger partial charge is 0.262 e. The van der Waals surface area contributed by atoms with E-state index in [9.17, 15) is 4.79 Å². The summed E-state index contributed by atoms with van der Waals surface area (Å²) < 4.78 is 10.3. The summed E-state index contributed by atoms with van der Waals surface area (Å²) in [6, 6.07) is 7.00. The van der Waals surface area contributed by atoms with Crippen molar-refractivity contribution in [3.63, 3.8) is 0 Å². The minimum absolute atomic E-state index is 0.0154. The van der Waals surface area contributed by atoms with Crippen molar-refractivity contribution in [2.45, 2.75) is 0 Å². The van der Waals surface area contributed by atoms with Gasteiger partial charge in [-0.1, -0.05) is 6.08 Å². The number of methoxy groups -OCH3 is 2. The summed E-state index contributed by atoms with van der Waals surface area (Å²) in [6.45, 7) is 3.80. The molecular formula is C15H16N2O3. The van der Waals surface area contributed by atoms with E-state index in [2.05, 4.69) is 11.9 Å². The van der Waals surface area contributed by atoms with Gasteiger partial charge in [-0.3, -0.25) is 4.79 Å². The van der Waals surface area contributed by atoms with Crippen LogP contribution >= 0.6 is 0 Å². The summed E-state index contributed by atoms with van der Waals surface area (Å²) in [5.74, 6) is 0.702. The van der Waals surface area contributed by atoms with Gasteiger partial charge in [0, 0.05) is 12.1 Å². The Labute approximate surface area is 118 Å². The second-order valence-electron chi connectivity index (χ2n) is 3.78. The number of hydrogen-bond acceptors (Lipinski definition) is 4. The van der Waals surface area contributed by atoms with Gasteiger partial charge in [-0.15, -0.1) is 6.58 Å². The SMILES string of the molecule is C=CCNC(=O)/C(C#N)=C\c1cc(OC)ccc1OC. The summed E-state index contributed by atoms with van der Waals surface area (Å²) in [6.07, 6.45) is 3.00. The molecule has 0 bridgehead atoms. The number of nitrogens with one attached hydrogen (secondary N) is 1. The maximum absolute atomic E-state index is 11.8. The van der Waals surface area contributed by atoms with Crippen LogP contribution < -0.4 is 14.8 Å². The fourth-order valence-electron chi connectivity index (χ4n) is 1.52. The van der Waals surface area contributed by atoms with Crippen molar-refractivity contribution in [3.8, 4) is 17.6 Å². The van der Waals surface area contributed by atoms with Crippen LogP contribution in [0.4, 0.5) is 0 Å². The maximum atomic E-state index is 11.8. The molecular weight excluding hydrogens is 256 g/mol. The third-order valence-electron chi connectivity index (χ3n) is 2.51. The van der Waals surface area contributed by atoms with Crippen molar-refractivity contribution in [2.24, 2.45) is 0 Å². The Bertz CT molecular complexity index is 571. The van der Waals surface area contributed by atoms with Crippen molar-refractivity contribution in [1.29, 1.82) is 5.26 Å². The molecule has 0 unspecified atom stereocenters. The Balaban J connectivity index is 3.14. The van der Waals surface area contributed by atoms with Gasteiger partial charge < -0.3 is 14.8 Å². The molecule has 0 saturated heterocycles. The predicted molar refractivity (Wildman–Crippen MR) is 76.3 cm³/mol. The zero-order valence-corrected chi connectivity index (χ0v) is 11.5. The molecule has 0 fully saturated rings. The van der Waals surface area contributed by atoms with Crippen molar-refractivity contribution >= 4 is 12.0 Å². The van der Waals surface area contributed by atoms with Crippen LogP contribution in [0.1, 0.15) is 5.56 Å². The summed E-state index contributed by atoms with van der Waals surface area (Å²) >= 11 is 0. The fourth-order valence-corrected chi connectivity index (χ4v) is 1.52. The van der Waals surface area contributed by atoms with E-state index in [0.717, 1.165) is 0 Å². The molecule has 1 aromatic carbocycles. The average Bonchev–Trinajstić information content (AvgIpc) is 2.49. The van der Waals surface area contributed by atoms with Crippen LogP contribution in [0.3, 0.4) is 0 Å². The first kappa shape index (κ1) is 15.3. The molecule has 104 valence electrons. The highest BCUT2D eigenvalue weighted by Gasteiger charge is 2.10. The first-order chi connectivity index (χ1) is 9.65. The standard InChI is InChI=1S/C15H16N2O3/c1-4-7-17-15(18)12(10-16)8-11-9-13(19-2)5-6-14(11)20-3/h4-6,8-9H,1,7H2,2-3H3,(H,17,18)/b12-8-. The molecule has 1 amide bonds. The van der Waals surface area contributed by atoms with E-state index in [0.29, 0.717) is 23.6 Å². The van der Waals surface area contributed by atoms with E-state index in [-0.39, 0.29) is 5.57 Å². The normalized spacial score (nSPS) is 10.3. The van der Waals surface area contributed by atoms with E-state index in [1.165, 1.54) is 20.3 Å². The molecule has 0 saturated carbocycles. The van der Waals surface area contributed by atoms with Gasteiger partial charge in [-0.2, -0.15) is 5.26 Å². The predicted octanol–water partition coefficient (Wildman–Crippen LogP) is 1.91. The lowest BCUT2D eigenvalue weighted by atomic mass is 10.1. The first-order valence-electron chi connectivity index (χ1n) is 5.89. The zero-order valence-electron chi connectivity index (χ0n) is 11.5. The number of carbonyl (C=O) groups excluding carboxylic acids is 1. The number of nitrogens with zero attached hydrogens (tertiary/aromatic N) is 1. The van der Waals surface area contributed by atoms with Gasteiger partial charge in [0.2, 0.25) is 0 Å². The Kier molecular flexibility index (Phi) is 5.85. The van der Waals surface area contributed by atoms with Gasteiger partial charge >= 0.3 is 0 Å². The lowest BCUT2D eigenvalue weighted by molar-refractivity contribution is -0.116. The lowest BCUT2D eigenvalue weighted by Gasteiger charge is -2.08. The van der Waals surface area contributed by atoms with Gasteiger partial charge in [0.1, 0.15) is 23.1 Å². The van der Waals surface area contributed by atoms with Gasteiger partial charge in [0.15, 0.2) is 0 Å². The number of carbonyl (C=O) groups is 1. The zero-order chi connectivity index (χ0) is 15.0. The van der Waals surface area contributed by atoms with Crippen molar-refractivity contribution in [2.75, 3.05) is 20.8 Å². The van der Waals surface area contributed by atoms with Crippen LogP contribution in [-0.2, 0) is 4.79 Å². The Morgan fingerprint density at radius 3 is 2.75 bits per heavy atom. The molecule has 0 radical (unpaired) electrons. The molecule has 20 heavy (non-hydrogen) atoms. The monoisotopic (exact) mass is 272 g/mol. The second kappa shape index (κ2) is 7.64. The van der Waals surface area contributed by atoms with E-state index >= 15 is 0 Å². The van der Waals surface area contributed by atoms with E-state index in [1.807, 2.05) is 6.07 Å². The topological polar surface area (TPSA) is 71.4 Å². The summed E-state index contributed by atoms with van der Waals surface area (Å²) in [4.78, 5) is 11.8. The van der Waals surface area contributed by atoms with E-state index < -0.39 is 5.91 Å². The first-order valence-corrected chi connectivity index (χ1v) is 5.89. The van der Waals surface area contributed by atoms with Crippen LogP contribution in [0.15, 0.2) is 36.4 Å². The summed E-state index contributed by atoms with van der Waals surface area (Å²) in [5, 5.41) is 11.6. The fraction of sp³-hybridized carbons (Fsp3) is 0.200. The molecule has 0 aliphatic carbocycles. The Hall–Kier alpha value is -2.74. The van der Waals surface area contributed by atoms with Crippen molar-refractivity contribution in [1.82, 2.24) is 5.32 Å². The minimum Gasteiger partial charge on any atom is -0.497 e. The van der Waals surface area contributed by atoms with Crippen LogP contribution in [0.5, 0.6) is 11.5 Å². The lowest BCUT2D eigenvalue weighted by Crippen LogP contribution is -2.24. The largest absolute Gasteiger partial charge is 0.497 e. The third-order valence-corrected chi connectivity index (χ3v) is 2.51. The minimum atomic E-state index is -0.461. The van der Waals surface area contributed by atoms with Crippen molar-refractivity contribution < 1.29 is 14.3 Å². The summed E-state index contributed by atoms with van der Waals surface area (Å²) in [7, 11) is 3.06. The Morgan fingerprint density at radius 1 is 1.45 bits per heavy atom. The van der Waals surface area contributed by atoms with Gasteiger partial charge in [-0.05, 0) is 24.3 Å². The van der Waals surface area contributed by atoms with Crippen LogP contribution in [-0.4, -0.2) is 26.7 Å². The second-order valence-corrected chi connectivity index (χ2v) is 3.78. The molecule has 0 atom stereocenters. The quantitative estimate of drug-likeness (QED) is 0.488. The van der Waals surface area contributed by atoms with E-state index in [1.54, 1.807) is 24.3 Å². The maximum Gasteiger partial charge on any atom is 0.262 e. The highest BCUT2D eigenvalue weighted by Crippen LogP contribution is 2.26. The van der Waals surface area contributed by atoms with Gasteiger partial charge in [-0.25, -0.2) is 0 Å². The highest BCUT2D eigenvalue weighted by atomic mass is 16.5. The average molecular weight is 272 g/mol. The number of hydrogen-bond donors (Lipinski definition) is 1. The molecule has 0 aliphatic rings. The number of benzene rings is 1. The van der Waals surface area contributed by atoms with Gasteiger partial charge in [0.25, 0.3) is 5.91 Å². The van der Waals surface area contributed by atoms with E-state index in [4.69, 9.17) is 14.7 Å². The van der Waals surface area contributed by atoms with Crippen molar-refractivity contribution in [3.05, 3.63) is 42.0 Å². The number of ether oxygens (including phenoxy) is 2. The Morgan fingerprint density at radius 2 is 2.20 bits per heavy atom. The van der Waals surface area contributed by atoms with Crippen LogP contribution in [0.2, 0.25) is 0 Å². The molecule has 0 aliphatic heterocycles. The molecule has 1 N–H and O–H groups in total. The number of amides is 1. The van der Waals surface area contributed by atoms with Crippen LogP contribution in [0, 0.1) is 11.3 Å². The number of nitriles is 1. The molecule has 0 aromatic heterocycles. The van der Waals surface area contributed by atoms with Gasteiger partial charge in [0.05, 0.1) is 14.2 Å². The molecule has 1 rings (SSSR count). The highest BCUT2D eigenvalue weighted by molar-refractivity contribution is 6.02. The molecule has 0 spiro atoms. The molecule has 0 heterocycles. The number of rotatable bonds is 6. The van der Waals surface area contributed by atoms with Crippen LogP contribution in [0.25, 0.3) is 6.08 Å². The molecule has 5 heteroatoms. The summed E-state index contributed by atoms with van der Waals surface area (Å²) in [5.41, 5.74) is 0.579. The molecule has 1 aromatic rings.